The molecule has 0 aromatic carbocycles. The summed E-state index contributed by atoms with van der Waals surface area (Å²) in [5.74, 6) is -0.249. The Morgan fingerprint density at radius 1 is 0.467 bits per heavy atom. The van der Waals surface area contributed by atoms with Crippen molar-refractivity contribution in [3.05, 3.63) is 24.3 Å². The number of aliphatic hydroxyl groups excluding tert-OH is 8. The first kappa shape index (κ1) is 69.6. The van der Waals surface area contributed by atoms with Crippen molar-refractivity contribution in [3.63, 3.8) is 0 Å². The Balaban J connectivity index is 1.66. The summed E-state index contributed by atoms with van der Waals surface area (Å²) in [6.07, 6.45) is 39.8. The van der Waals surface area contributed by atoms with Crippen molar-refractivity contribution in [2.75, 3.05) is 19.8 Å². The first-order chi connectivity index (χ1) is 36.6. The average molecular weight is 1070 g/mol. The van der Waals surface area contributed by atoms with Gasteiger partial charge in [0.15, 0.2) is 12.6 Å². The van der Waals surface area contributed by atoms with E-state index in [4.69, 9.17) is 18.9 Å². The van der Waals surface area contributed by atoms with E-state index < -0.39 is 86.8 Å². The summed E-state index contributed by atoms with van der Waals surface area (Å²) in [5.41, 5.74) is 0. The highest BCUT2D eigenvalue weighted by molar-refractivity contribution is 5.76. The van der Waals surface area contributed by atoms with Gasteiger partial charge in [-0.1, -0.05) is 250 Å². The number of carbonyl (C=O) groups is 1. The second-order valence-electron chi connectivity index (χ2n) is 22.2. The Kier molecular flexibility index (Phi) is 43.9. The summed E-state index contributed by atoms with van der Waals surface area (Å²) in [4.78, 5) is 13.2. The van der Waals surface area contributed by atoms with Crippen LogP contribution < -0.4 is 5.32 Å². The second-order valence-corrected chi connectivity index (χ2v) is 22.2. The lowest BCUT2D eigenvalue weighted by molar-refractivity contribution is -0.359. The maximum atomic E-state index is 13.2. The molecule has 2 aliphatic rings. The van der Waals surface area contributed by atoms with Crippen LogP contribution in [0.4, 0.5) is 0 Å². The van der Waals surface area contributed by atoms with Gasteiger partial charge < -0.3 is 65.1 Å². The van der Waals surface area contributed by atoms with Crippen molar-refractivity contribution >= 4 is 5.91 Å². The fraction of sp³-hybridized carbons (Fsp3) is 0.918. The molecule has 0 aromatic heterocycles. The lowest BCUT2D eigenvalue weighted by Gasteiger charge is -2.46. The predicted molar refractivity (Wildman–Crippen MR) is 300 cm³/mol. The molecule has 0 radical (unpaired) electrons. The van der Waals surface area contributed by atoms with Gasteiger partial charge in [0.2, 0.25) is 5.91 Å². The third kappa shape index (κ3) is 33.0. The van der Waals surface area contributed by atoms with Gasteiger partial charge in [-0.3, -0.25) is 4.79 Å². The van der Waals surface area contributed by atoms with E-state index in [1.54, 1.807) is 6.08 Å². The van der Waals surface area contributed by atoms with Crippen molar-refractivity contribution < 1.29 is 64.6 Å². The van der Waals surface area contributed by atoms with Crippen LogP contribution >= 0.6 is 0 Å². The van der Waals surface area contributed by atoms with E-state index in [0.29, 0.717) is 12.8 Å². The number of unbranched alkanes of at least 4 members (excludes halogenated alkanes) is 35. The molecular formula is C61H115NO13. The Morgan fingerprint density at radius 2 is 0.853 bits per heavy atom. The number of ether oxygens (including phenoxy) is 4. The number of aliphatic hydroxyl groups is 8. The highest BCUT2D eigenvalue weighted by atomic mass is 16.7. The molecule has 0 aliphatic carbocycles. The minimum absolute atomic E-state index is 0.249. The first-order valence-electron chi connectivity index (χ1n) is 31.1. The van der Waals surface area contributed by atoms with Crippen molar-refractivity contribution in [2.24, 2.45) is 0 Å². The van der Waals surface area contributed by atoms with Crippen molar-refractivity contribution in [3.8, 4) is 0 Å². The van der Waals surface area contributed by atoms with Gasteiger partial charge in [0.25, 0.3) is 0 Å². The molecule has 2 aliphatic heterocycles. The Hall–Kier alpha value is -1.53. The van der Waals surface area contributed by atoms with Crippen LogP contribution in [0.3, 0.4) is 0 Å². The third-order valence-electron chi connectivity index (χ3n) is 15.4. The molecule has 442 valence electrons. The van der Waals surface area contributed by atoms with Crippen LogP contribution in [-0.2, 0) is 23.7 Å². The maximum absolute atomic E-state index is 13.2. The minimum Gasteiger partial charge on any atom is -0.394 e. The SMILES string of the molecule is CCCCCCCCCCCCCCCCCCCCCCCCCCC/C=C/CC/C=C/C(O)C(COC1OC(CO)C(OC2OC(CO)C(O)C(O)C2O)C(O)C1O)NC(=O)CCCCCCCCCCCC. The molecule has 2 rings (SSSR count). The molecule has 0 spiro atoms. The monoisotopic (exact) mass is 1070 g/mol. The van der Waals surface area contributed by atoms with Crippen LogP contribution in [-0.4, -0.2) is 140 Å². The maximum Gasteiger partial charge on any atom is 0.220 e. The zero-order chi connectivity index (χ0) is 54.6. The van der Waals surface area contributed by atoms with Crippen molar-refractivity contribution in [1.29, 1.82) is 0 Å². The summed E-state index contributed by atoms with van der Waals surface area (Å²) < 4.78 is 22.7. The van der Waals surface area contributed by atoms with Crippen LogP contribution in [0.25, 0.3) is 0 Å². The number of amides is 1. The molecule has 2 fully saturated rings. The van der Waals surface area contributed by atoms with Gasteiger partial charge in [0.1, 0.15) is 48.8 Å². The summed E-state index contributed by atoms with van der Waals surface area (Å²) >= 11 is 0. The summed E-state index contributed by atoms with van der Waals surface area (Å²) in [5, 5.41) is 86.9. The molecule has 12 atom stereocenters. The number of carbonyl (C=O) groups excluding carboxylic acids is 1. The van der Waals surface area contributed by atoms with E-state index in [0.717, 1.165) is 32.1 Å². The van der Waals surface area contributed by atoms with Crippen molar-refractivity contribution in [2.45, 2.75) is 338 Å². The number of rotatable bonds is 50. The smallest absolute Gasteiger partial charge is 0.220 e. The molecule has 9 N–H and O–H groups in total. The van der Waals surface area contributed by atoms with Crippen LogP contribution in [0.1, 0.15) is 264 Å². The summed E-state index contributed by atoms with van der Waals surface area (Å²) in [7, 11) is 0. The Morgan fingerprint density at radius 3 is 1.31 bits per heavy atom. The normalized spacial score (nSPS) is 25.1. The van der Waals surface area contributed by atoms with Gasteiger partial charge in [-0.15, -0.1) is 0 Å². The van der Waals surface area contributed by atoms with E-state index in [9.17, 15) is 45.6 Å². The second kappa shape index (κ2) is 47.3. The molecular weight excluding hydrogens is 955 g/mol. The minimum atomic E-state index is -1.79. The van der Waals surface area contributed by atoms with E-state index in [2.05, 4.69) is 31.3 Å². The van der Waals surface area contributed by atoms with Gasteiger partial charge in [0.05, 0.1) is 32.0 Å². The van der Waals surface area contributed by atoms with Gasteiger partial charge in [0, 0.05) is 6.42 Å². The van der Waals surface area contributed by atoms with Crippen molar-refractivity contribution in [1.82, 2.24) is 5.32 Å². The molecule has 75 heavy (non-hydrogen) atoms. The molecule has 1 amide bonds. The van der Waals surface area contributed by atoms with Gasteiger partial charge in [-0.2, -0.15) is 0 Å². The van der Waals surface area contributed by atoms with E-state index in [-0.39, 0.29) is 18.9 Å². The summed E-state index contributed by atoms with van der Waals surface area (Å²) in [6, 6.07) is -0.926. The molecule has 14 heteroatoms. The first-order valence-corrected chi connectivity index (χ1v) is 31.1. The quantitative estimate of drug-likeness (QED) is 0.0204. The standard InChI is InChI=1S/C61H115NO13/c1-3-5-7-9-11-13-15-16-17-18-19-20-21-22-23-24-25-26-27-28-29-30-31-32-33-34-35-36-38-40-42-44-50(65)49(62-53(66)45-43-41-39-37-14-12-10-8-6-4-2)48-72-60-58(71)56(69)59(52(47-64)74-60)75-61-57(70)55(68)54(67)51(46-63)73-61/h35-36,42,44,49-52,54-61,63-65,67-71H,3-34,37-41,43,45-48H2,1-2H3,(H,62,66)/b36-35+,44-42+. The predicted octanol–water partition coefficient (Wildman–Crippen LogP) is 10.8. The molecule has 0 bridgehead atoms. The molecule has 14 nitrogen and oxygen atoms in total. The van der Waals surface area contributed by atoms with E-state index >= 15 is 0 Å². The number of allylic oxidation sites excluding steroid dienone is 3. The number of hydrogen-bond acceptors (Lipinski definition) is 13. The lowest BCUT2D eigenvalue weighted by atomic mass is 9.97. The molecule has 0 saturated carbocycles. The molecule has 2 saturated heterocycles. The summed E-state index contributed by atoms with van der Waals surface area (Å²) in [6.45, 7) is 2.78. The van der Waals surface area contributed by atoms with Crippen LogP contribution in [0.2, 0.25) is 0 Å². The lowest BCUT2D eigenvalue weighted by Crippen LogP contribution is -2.65. The fourth-order valence-electron chi connectivity index (χ4n) is 10.4. The van der Waals surface area contributed by atoms with Gasteiger partial charge in [-0.25, -0.2) is 0 Å². The van der Waals surface area contributed by atoms with Crippen LogP contribution in [0, 0.1) is 0 Å². The molecule has 0 aromatic rings. The highest BCUT2D eigenvalue weighted by Gasteiger charge is 2.51. The third-order valence-corrected chi connectivity index (χ3v) is 15.4. The van der Waals surface area contributed by atoms with E-state index in [1.807, 2.05) is 6.08 Å². The fourth-order valence-corrected chi connectivity index (χ4v) is 10.4. The number of hydrogen-bond donors (Lipinski definition) is 9. The molecule has 12 unspecified atom stereocenters. The zero-order valence-electron chi connectivity index (χ0n) is 47.6. The largest absolute Gasteiger partial charge is 0.394 e. The highest BCUT2D eigenvalue weighted by Crippen LogP contribution is 2.30. The van der Waals surface area contributed by atoms with Crippen LogP contribution in [0.15, 0.2) is 24.3 Å². The van der Waals surface area contributed by atoms with E-state index in [1.165, 1.54) is 199 Å². The van der Waals surface area contributed by atoms with Crippen LogP contribution in [0.5, 0.6) is 0 Å². The van der Waals surface area contributed by atoms with Gasteiger partial charge in [-0.05, 0) is 32.1 Å². The Bertz CT molecular complexity index is 1350. The number of nitrogens with one attached hydrogen (secondary N) is 1. The average Bonchev–Trinajstić information content (AvgIpc) is 3.41. The molecule has 2 heterocycles. The Labute approximate surface area is 456 Å². The zero-order valence-corrected chi connectivity index (χ0v) is 47.6. The topological polar surface area (TPSA) is 228 Å². The van der Waals surface area contributed by atoms with Gasteiger partial charge >= 0.3 is 0 Å².